The largest absolute Gasteiger partial charge is 0.274 e. The molecule has 2 atom stereocenters. The summed E-state index contributed by atoms with van der Waals surface area (Å²) in [6.07, 6.45) is 0. The highest BCUT2D eigenvalue weighted by atomic mass is 35.5. The Labute approximate surface area is 173 Å². The fourth-order valence-corrected chi connectivity index (χ4v) is 6.08. The van der Waals surface area contributed by atoms with Crippen LogP contribution in [-0.2, 0) is 9.59 Å². The third kappa shape index (κ3) is 1.94. The summed E-state index contributed by atoms with van der Waals surface area (Å²) in [6.45, 7) is 1.98. The molecule has 4 heteroatoms. The van der Waals surface area contributed by atoms with E-state index in [9.17, 15) is 9.59 Å². The van der Waals surface area contributed by atoms with Crippen LogP contribution in [0.4, 0.5) is 5.69 Å². The predicted octanol–water partition coefficient (Wildman–Crippen LogP) is 5.13. The molecule has 3 nitrogen and oxygen atoms in total. The van der Waals surface area contributed by atoms with E-state index >= 15 is 0 Å². The smallest absolute Gasteiger partial charge is 0.241 e. The molecular formula is C25H18ClNO2. The summed E-state index contributed by atoms with van der Waals surface area (Å²) in [6, 6.07) is 23.5. The number of halogens is 1. The maximum atomic E-state index is 13.8. The van der Waals surface area contributed by atoms with Crippen molar-refractivity contribution < 1.29 is 9.59 Å². The van der Waals surface area contributed by atoms with E-state index in [0.29, 0.717) is 10.7 Å². The van der Waals surface area contributed by atoms with Gasteiger partial charge in [0.2, 0.25) is 11.8 Å². The molecule has 2 bridgehead atoms. The summed E-state index contributed by atoms with van der Waals surface area (Å²) in [4.78, 5) is 28.9. The van der Waals surface area contributed by atoms with Gasteiger partial charge < -0.3 is 0 Å². The summed E-state index contributed by atoms with van der Waals surface area (Å²) in [5, 5.41) is 0.580. The van der Waals surface area contributed by atoms with Gasteiger partial charge in [-0.25, -0.2) is 4.90 Å². The maximum Gasteiger partial charge on any atom is 0.241 e. The first-order valence-electron chi connectivity index (χ1n) is 9.85. The number of hydrogen-bond donors (Lipinski definition) is 0. The normalized spacial score (nSPS) is 28.9. The highest BCUT2D eigenvalue weighted by Gasteiger charge is 2.68. The predicted molar refractivity (Wildman–Crippen MR) is 112 cm³/mol. The minimum atomic E-state index is -0.801. The Morgan fingerprint density at radius 3 is 1.86 bits per heavy atom. The molecule has 1 fully saturated rings. The van der Waals surface area contributed by atoms with Crippen LogP contribution >= 0.6 is 11.6 Å². The quantitative estimate of drug-likeness (QED) is 0.532. The van der Waals surface area contributed by atoms with Gasteiger partial charge in [0, 0.05) is 16.9 Å². The molecule has 3 aromatic carbocycles. The topological polar surface area (TPSA) is 37.4 Å². The summed E-state index contributed by atoms with van der Waals surface area (Å²) < 4.78 is 0. The van der Waals surface area contributed by atoms with Gasteiger partial charge in [-0.2, -0.15) is 0 Å². The second-order valence-corrected chi connectivity index (χ2v) is 8.82. The van der Waals surface area contributed by atoms with Crippen LogP contribution in [0.3, 0.4) is 0 Å². The number of imide groups is 1. The molecule has 1 aliphatic heterocycles. The van der Waals surface area contributed by atoms with E-state index in [1.807, 2.05) is 31.2 Å². The van der Waals surface area contributed by atoms with E-state index in [2.05, 4.69) is 24.3 Å². The molecule has 0 radical (unpaired) electrons. The summed E-state index contributed by atoms with van der Waals surface area (Å²) in [5.41, 5.74) is 4.50. The lowest BCUT2D eigenvalue weighted by Crippen LogP contribution is -2.49. The minimum Gasteiger partial charge on any atom is -0.274 e. The number of carbonyl (C=O) groups excluding carboxylic acids is 2. The second kappa shape index (κ2) is 5.58. The van der Waals surface area contributed by atoms with Crippen LogP contribution in [-0.4, -0.2) is 11.8 Å². The monoisotopic (exact) mass is 399 g/mol. The third-order valence-corrected chi connectivity index (χ3v) is 7.35. The van der Waals surface area contributed by atoms with Crippen LogP contribution < -0.4 is 4.90 Å². The fourth-order valence-electron chi connectivity index (χ4n) is 5.95. The number of anilines is 1. The average Bonchev–Trinajstić information content (AvgIpc) is 2.95. The Bertz CT molecular complexity index is 1150. The molecule has 1 saturated heterocycles. The minimum absolute atomic E-state index is 0.105. The van der Waals surface area contributed by atoms with Gasteiger partial charge >= 0.3 is 0 Å². The fraction of sp³-hybridized carbons (Fsp3) is 0.200. The Hall–Kier alpha value is -2.91. The molecular weight excluding hydrogens is 382 g/mol. The lowest BCUT2D eigenvalue weighted by molar-refractivity contribution is -0.128. The van der Waals surface area contributed by atoms with Gasteiger partial charge in [-0.1, -0.05) is 60.1 Å². The molecule has 4 aliphatic rings. The number of amides is 2. The van der Waals surface area contributed by atoms with E-state index in [1.165, 1.54) is 27.2 Å². The molecule has 0 saturated carbocycles. The third-order valence-electron chi connectivity index (χ3n) is 7.10. The van der Waals surface area contributed by atoms with Gasteiger partial charge in [0.25, 0.3) is 0 Å². The van der Waals surface area contributed by atoms with Gasteiger partial charge in [-0.05, 0) is 53.4 Å². The highest BCUT2D eigenvalue weighted by Crippen LogP contribution is 2.67. The molecule has 0 N–H and O–H groups in total. The number of nitrogens with zero attached hydrogens (tertiary/aromatic N) is 1. The van der Waals surface area contributed by atoms with Crippen LogP contribution in [0.5, 0.6) is 0 Å². The number of carbonyl (C=O) groups is 2. The first kappa shape index (κ1) is 17.0. The summed E-state index contributed by atoms with van der Waals surface area (Å²) in [7, 11) is 0. The van der Waals surface area contributed by atoms with Crippen molar-refractivity contribution >= 4 is 29.1 Å². The zero-order valence-electron chi connectivity index (χ0n) is 15.8. The zero-order valence-corrected chi connectivity index (χ0v) is 16.6. The Morgan fingerprint density at radius 1 is 0.793 bits per heavy atom. The SMILES string of the molecule is CC12C(=O)N(c3ccc(Cl)cc3)C(=O)C1C1c3ccccc3C2c2ccccc21. The van der Waals surface area contributed by atoms with E-state index in [0.717, 1.165) is 0 Å². The molecule has 1 heterocycles. The van der Waals surface area contributed by atoms with Gasteiger partial charge in [-0.15, -0.1) is 0 Å². The van der Waals surface area contributed by atoms with Crippen molar-refractivity contribution in [1.29, 1.82) is 0 Å². The number of benzene rings is 3. The number of hydrogen-bond acceptors (Lipinski definition) is 2. The van der Waals surface area contributed by atoms with E-state index < -0.39 is 11.3 Å². The van der Waals surface area contributed by atoms with Crippen molar-refractivity contribution in [2.45, 2.75) is 18.8 Å². The van der Waals surface area contributed by atoms with Crippen LogP contribution in [0.25, 0.3) is 0 Å². The summed E-state index contributed by atoms with van der Waals surface area (Å²) >= 11 is 6.03. The van der Waals surface area contributed by atoms with Gasteiger partial charge in [-0.3, -0.25) is 9.59 Å². The lowest BCUT2D eigenvalue weighted by Gasteiger charge is -2.51. The molecule has 7 rings (SSSR count). The molecule has 0 aromatic heterocycles. The van der Waals surface area contributed by atoms with Crippen molar-refractivity contribution in [3.05, 3.63) is 100 Å². The maximum absolute atomic E-state index is 13.8. The molecule has 2 amide bonds. The molecule has 0 spiro atoms. The Balaban J connectivity index is 1.61. The second-order valence-electron chi connectivity index (χ2n) is 8.38. The zero-order chi connectivity index (χ0) is 19.9. The van der Waals surface area contributed by atoms with Crippen molar-refractivity contribution in [1.82, 2.24) is 0 Å². The van der Waals surface area contributed by atoms with Gasteiger partial charge in [0.15, 0.2) is 0 Å². The Morgan fingerprint density at radius 2 is 1.31 bits per heavy atom. The standard InChI is InChI=1S/C25H18ClNO2/c1-25-21-18-8-4-2-6-16(18)20(17-7-3-5-9-19(17)21)22(25)23(28)27(24(25)29)15-12-10-14(26)11-13-15/h2-13,20-22H,1H3. The first-order chi connectivity index (χ1) is 14.0. The molecule has 2 unspecified atom stereocenters. The molecule has 3 aromatic rings. The molecule has 142 valence electrons. The van der Waals surface area contributed by atoms with Crippen LogP contribution in [0.2, 0.25) is 5.02 Å². The molecule has 29 heavy (non-hydrogen) atoms. The van der Waals surface area contributed by atoms with Crippen LogP contribution in [0.1, 0.15) is 41.0 Å². The first-order valence-corrected chi connectivity index (χ1v) is 10.2. The van der Waals surface area contributed by atoms with Crippen molar-refractivity contribution in [2.24, 2.45) is 11.3 Å². The average molecular weight is 400 g/mol. The van der Waals surface area contributed by atoms with Crippen molar-refractivity contribution in [3.8, 4) is 0 Å². The van der Waals surface area contributed by atoms with Crippen molar-refractivity contribution in [3.63, 3.8) is 0 Å². The van der Waals surface area contributed by atoms with Crippen LogP contribution in [0.15, 0.2) is 72.8 Å². The number of rotatable bonds is 1. The van der Waals surface area contributed by atoms with E-state index in [1.54, 1.807) is 24.3 Å². The van der Waals surface area contributed by atoms with E-state index in [-0.39, 0.29) is 23.7 Å². The van der Waals surface area contributed by atoms with Crippen molar-refractivity contribution in [2.75, 3.05) is 4.90 Å². The Kier molecular flexibility index (Phi) is 3.27. The van der Waals surface area contributed by atoms with Gasteiger partial charge in [0.05, 0.1) is 17.0 Å². The van der Waals surface area contributed by atoms with Gasteiger partial charge in [0.1, 0.15) is 0 Å². The lowest BCUT2D eigenvalue weighted by atomic mass is 9.48. The summed E-state index contributed by atoms with van der Waals surface area (Å²) in [5.74, 6) is -0.863. The highest BCUT2D eigenvalue weighted by molar-refractivity contribution is 6.31. The molecule has 3 aliphatic carbocycles. The van der Waals surface area contributed by atoms with E-state index in [4.69, 9.17) is 11.6 Å². The van der Waals surface area contributed by atoms with Crippen LogP contribution in [0, 0.1) is 11.3 Å².